The van der Waals surface area contributed by atoms with Crippen molar-refractivity contribution in [2.24, 2.45) is 5.92 Å². The summed E-state index contributed by atoms with van der Waals surface area (Å²) in [5, 5.41) is 2.95. The minimum atomic E-state index is -0.699. The summed E-state index contributed by atoms with van der Waals surface area (Å²) in [7, 11) is 0. The van der Waals surface area contributed by atoms with Gasteiger partial charge in [0, 0.05) is 9.75 Å². The molecule has 1 aromatic rings. The van der Waals surface area contributed by atoms with Gasteiger partial charge in [0.15, 0.2) is 0 Å². The van der Waals surface area contributed by atoms with Crippen LogP contribution in [-0.4, -0.2) is 28.3 Å². The second-order valence-corrected chi connectivity index (χ2v) is 7.46. The molecular formula is C15H20N2O2S. The maximum atomic E-state index is 12.8. The highest BCUT2D eigenvalue weighted by atomic mass is 32.1. The number of amides is 2. The third-order valence-electron chi connectivity index (χ3n) is 4.45. The number of hydrogen-bond donors (Lipinski definition) is 1. The maximum absolute atomic E-state index is 12.8. The molecule has 1 saturated heterocycles. The molecule has 2 amide bonds. The Morgan fingerprint density at radius 2 is 2.10 bits per heavy atom. The van der Waals surface area contributed by atoms with E-state index in [0.29, 0.717) is 12.5 Å². The van der Waals surface area contributed by atoms with Crippen molar-refractivity contribution in [3.05, 3.63) is 21.9 Å². The molecule has 2 heterocycles. The molecule has 0 spiro atoms. The summed E-state index contributed by atoms with van der Waals surface area (Å²) >= 11 is 1.69. The molecule has 4 nitrogen and oxygen atoms in total. The lowest BCUT2D eigenvalue weighted by atomic mass is 9.89. The van der Waals surface area contributed by atoms with Crippen LogP contribution < -0.4 is 5.32 Å². The van der Waals surface area contributed by atoms with Crippen LogP contribution in [0.1, 0.15) is 36.4 Å². The Hall–Kier alpha value is -1.36. The van der Waals surface area contributed by atoms with Crippen LogP contribution >= 0.6 is 11.3 Å². The molecule has 5 heteroatoms. The maximum Gasteiger partial charge on any atom is 0.249 e. The van der Waals surface area contributed by atoms with Crippen LogP contribution in [0.25, 0.3) is 0 Å². The van der Waals surface area contributed by atoms with Crippen molar-refractivity contribution < 1.29 is 9.59 Å². The number of nitrogens with one attached hydrogen (secondary N) is 1. The third-order valence-corrected chi connectivity index (χ3v) is 5.44. The molecule has 2 unspecified atom stereocenters. The highest BCUT2D eigenvalue weighted by molar-refractivity contribution is 7.11. The zero-order chi connectivity index (χ0) is 14.5. The van der Waals surface area contributed by atoms with Crippen molar-refractivity contribution >= 4 is 23.2 Å². The Morgan fingerprint density at radius 1 is 1.40 bits per heavy atom. The zero-order valence-electron chi connectivity index (χ0n) is 12.1. The molecule has 2 fully saturated rings. The van der Waals surface area contributed by atoms with Crippen LogP contribution in [0.5, 0.6) is 0 Å². The molecule has 1 aliphatic carbocycles. The molecule has 2 aliphatic rings. The molecule has 1 aromatic heterocycles. The van der Waals surface area contributed by atoms with Gasteiger partial charge >= 0.3 is 0 Å². The number of carbonyl (C=O) groups excluding carboxylic acids is 2. The summed E-state index contributed by atoms with van der Waals surface area (Å²) < 4.78 is 0. The first kappa shape index (κ1) is 13.6. The molecule has 0 aromatic carbocycles. The predicted octanol–water partition coefficient (Wildman–Crippen LogP) is 2.07. The summed E-state index contributed by atoms with van der Waals surface area (Å²) in [6, 6.07) is 3.71. The topological polar surface area (TPSA) is 49.4 Å². The van der Waals surface area contributed by atoms with E-state index in [-0.39, 0.29) is 11.8 Å². The van der Waals surface area contributed by atoms with Crippen molar-refractivity contribution in [1.82, 2.24) is 10.2 Å². The zero-order valence-corrected chi connectivity index (χ0v) is 12.9. The van der Waals surface area contributed by atoms with Gasteiger partial charge in [0.1, 0.15) is 11.6 Å². The Bertz CT molecular complexity index is 564. The van der Waals surface area contributed by atoms with Crippen molar-refractivity contribution in [3.63, 3.8) is 0 Å². The lowest BCUT2D eigenvalue weighted by molar-refractivity contribution is -0.155. The molecule has 1 aliphatic heterocycles. The van der Waals surface area contributed by atoms with Crippen molar-refractivity contribution in [2.45, 2.75) is 51.7 Å². The van der Waals surface area contributed by atoms with Crippen LogP contribution in [0, 0.1) is 12.8 Å². The fraction of sp³-hybridized carbons (Fsp3) is 0.600. The van der Waals surface area contributed by atoms with E-state index in [0.717, 1.165) is 17.7 Å². The van der Waals surface area contributed by atoms with Gasteiger partial charge in [-0.1, -0.05) is 0 Å². The summed E-state index contributed by atoms with van der Waals surface area (Å²) in [4.78, 5) is 29.1. The molecule has 2 atom stereocenters. The summed E-state index contributed by atoms with van der Waals surface area (Å²) in [5.74, 6) is 0.337. The first-order valence-corrected chi connectivity index (χ1v) is 7.92. The normalized spacial score (nSPS) is 30.6. The molecule has 0 bridgehead atoms. The monoisotopic (exact) mass is 292 g/mol. The minimum absolute atomic E-state index is 0.0349. The fourth-order valence-electron chi connectivity index (χ4n) is 2.91. The summed E-state index contributed by atoms with van der Waals surface area (Å²) in [6.45, 7) is 6.27. The van der Waals surface area contributed by atoms with Gasteiger partial charge < -0.3 is 10.2 Å². The number of aryl methyl sites for hydroxylation is 1. The summed E-state index contributed by atoms with van der Waals surface area (Å²) in [5.41, 5.74) is -0.699. The lowest BCUT2D eigenvalue weighted by Crippen LogP contribution is -2.69. The molecule has 108 valence electrons. The van der Waals surface area contributed by atoms with Gasteiger partial charge in [-0.25, -0.2) is 0 Å². The highest BCUT2D eigenvalue weighted by Crippen LogP contribution is 2.42. The van der Waals surface area contributed by atoms with E-state index < -0.39 is 11.6 Å². The second kappa shape index (κ2) is 4.58. The molecule has 3 rings (SSSR count). The van der Waals surface area contributed by atoms with Gasteiger partial charge in [0.05, 0.1) is 6.54 Å². The Labute approximate surface area is 123 Å². The van der Waals surface area contributed by atoms with E-state index in [1.54, 1.807) is 23.2 Å². The van der Waals surface area contributed by atoms with Gasteiger partial charge in [0.2, 0.25) is 11.8 Å². The predicted molar refractivity (Wildman–Crippen MR) is 78.3 cm³/mol. The molecule has 0 radical (unpaired) electrons. The Kier molecular flexibility index (Phi) is 3.12. The van der Waals surface area contributed by atoms with Gasteiger partial charge in [0.25, 0.3) is 0 Å². The first-order chi connectivity index (χ1) is 9.41. The number of hydrogen-bond acceptors (Lipinski definition) is 3. The average Bonchev–Trinajstić information content (AvgIpc) is 3.17. The van der Waals surface area contributed by atoms with Gasteiger partial charge in [-0.3, -0.25) is 9.59 Å². The van der Waals surface area contributed by atoms with Crippen molar-refractivity contribution in [1.29, 1.82) is 0 Å². The van der Waals surface area contributed by atoms with E-state index in [9.17, 15) is 9.59 Å². The smallest absolute Gasteiger partial charge is 0.249 e. The van der Waals surface area contributed by atoms with Crippen LogP contribution in [0.2, 0.25) is 0 Å². The second-order valence-electron chi connectivity index (χ2n) is 6.09. The summed E-state index contributed by atoms with van der Waals surface area (Å²) in [6.07, 6.45) is 2.06. The number of piperazine rings is 1. The molecular weight excluding hydrogens is 272 g/mol. The fourth-order valence-corrected chi connectivity index (χ4v) is 3.80. The standard InChI is InChI=1S/C15H20N2O2S/c1-9-4-7-12(20-9)8-17-10(2)13(18)16-15(3,14(17)19)11-5-6-11/h4,7,10-11H,5-6,8H2,1-3H3,(H,16,18). The van der Waals surface area contributed by atoms with Crippen LogP contribution in [0.3, 0.4) is 0 Å². The largest absolute Gasteiger partial charge is 0.340 e. The SMILES string of the molecule is Cc1ccc(CN2C(=O)C(C)(C3CC3)NC(=O)C2C)s1. The van der Waals surface area contributed by atoms with Crippen LogP contribution in [0.15, 0.2) is 12.1 Å². The van der Waals surface area contributed by atoms with E-state index in [2.05, 4.69) is 18.3 Å². The number of carbonyl (C=O) groups is 2. The van der Waals surface area contributed by atoms with Crippen molar-refractivity contribution in [2.75, 3.05) is 0 Å². The minimum Gasteiger partial charge on any atom is -0.340 e. The highest BCUT2D eigenvalue weighted by Gasteiger charge is 2.54. The first-order valence-electron chi connectivity index (χ1n) is 7.10. The number of rotatable bonds is 3. The Balaban J connectivity index is 1.86. The lowest BCUT2D eigenvalue weighted by Gasteiger charge is -2.43. The van der Waals surface area contributed by atoms with E-state index in [1.165, 1.54) is 4.88 Å². The number of nitrogens with zero attached hydrogens (tertiary/aromatic N) is 1. The quantitative estimate of drug-likeness (QED) is 0.927. The third kappa shape index (κ3) is 2.14. The Morgan fingerprint density at radius 3 is 2.65 bits per heavy atom. The van der Waals surface area contributed by atoms with E-state index in [4.69, 9.17) is 0 Å². The van der Waals surface area contributed by atoms with Gasteiger partial charge in [-0.05, 0) is 51.7 Å². The van der Waals surface area contributed by atoms with Crippen LogP contribution in [-0.2, 0) is 16.1 Å². The van der Waals surface area contributed by atoms with E-state index in [1.807, 2.05) is 13.0 Å². The van der Waals surface area contributed by atoms with Crippen LogP contribution in [0.4, 0.5) is 0 Å². The molecule has 20 heavy (non-hydrogen) atoms. The van der Waals surface area contributed by atoms with Gasteiger partial charge in [-0.15, -0.1) is 11.3 Å². The molecule has 1 N–H and O–H groups in total. The van der Waals surface area contributed by atoms with Gasteiger partial charge in [-0.2, -0.15) is 0 Å². The van der Waals surface area contributed by atoms with E-state index >= 15 is 0 Å². The average molecular weight is 292 g/mol. The number of thiophene rings is 1. The van der Waals surface area contributed by atoms with Crippen molar-refractivity contribution in [3.8, 4) is 0 Å². The molecule has 1 saturated carbocycles.